The van der Waals surface area contributed by atoms with E-state index < -0.39 is 0 Å². The fraction of sp³-hybridized carbons (Fsp3) is 0.714. The molecule has 9 heavy (non-hydrogen) atoms. The summed E-state index contributed by atoms with van der Waals surface area (Å²) < 4.78 is 0. The van der Waals surface area contributed by atoms with Gasteiger partial charge in [-0.1, -0.05) is 20.8 Å². The smallest absolute Gasteiger partial charge is 0 e. The Morgan fingerprint density at radius 1 is 0.889 bits per heavy atom. The van der Waals surface area contributed by atoms with Crippen LogP contribution in [0.15, 0.2) is 0 Å². The van der Waals surface area contributed by atoms with Crippen molar-refractivity contribution in [2.24, 2.45) is 5.41 Å². The van der Waals surface area contributed by atoms with Crippen LogP contribution in [0, 0.1) is 19.3 Å². The molecule has 0 aromatic rings. The van der Waals surface area contributed by atoms with Gasteiger partial charge in [0.05, 0.1) is 0 Å². The molecule has 0 rings (SSSR count). The second-order valence-electron chi connectivity index (χ2n) is 2.56. The summed E-state index contributed by atoms with van der Waals surface area (Å²) in [4.78, 5) is 0. The molecule has 0 bridgehead atoms. The van der Waals surface area contributed by atoms with Crippen LogP contribution in [-0.4, -0.2) is 0 Å². The molecule has 2 heteroatoms. The Labute approximate surface area is 111 Å². The van der Waals surface area contributed by atoms with Gasteiger partial charge in [-0.25, -0.2) is 0 Å². The van der Waals surface area contributed by atoms with E-state index in [9.17, 15) is 0 Å². The topological polar surface area (TPSA) is 0 Å². The van der Waals surface area contributed by atoms with Gasteiger partial charge in [-0.15, -0.1) is 0 Å². The van der Waals surface area contributed by atoms with Crippen LogP contribution in [0.4, 0.5) is 0 Å². The third kappa shape index (κ3) is 141. The van der Waals surface area contributed by atoms with Crippen molar-refractivity contribution in [2.75, 3.05) is 0 Å². The Bertz CT molecular complexity index is 22.4. The third-order valence-corrected chi connectivity index (χ3v) is 0. The number of hydrogen-bond donors (Lipinski definition) is 0. The maximum absolute atomic E-state index is 3.77. The molecule has 0 nitrogen and oxygen atoms in total. The van der Waals surface area contributed by atoms with Crippen LogP contribution in [0.3, 0.4) is 0 Å². The maximum Gasteiger partial charge on any atom is 0 e. The summed E-state index contributed by atoms with van der Waals surface area (Å²) in [5.74, 6) is 0. The first-order valence-corrected chi connectivity index (χ1v) is 2.56. The summed E-state index contributed by atoms with van der Waals surface area (Å²) in [6.07, 6.45) is 0. The third-order valence-electron chi connectivity index (χ3n) is 0. The summed E-state index contributed by atoms with van der Waals surface area (Å²) >= 11 is 0. The number of rotatable bonds is 0. The van der Waals surface area contributed by atoms with Crippen molar-refractivity contribution in [3.8, 4) is 0 Å². The largest absolute Gasteiger partial charge is 0.346 e. The van der Waals surface area contributed by atoms with E-state index in [4.69, 9.17) is 0 Å². The van der Waals surface area contributed by atoms with E-state index in [0.29, 0.717) is 0 Å². The molecule has 0 aliphatic rings. The molecule has 0 atom stereocenters. The standard InChI is InChI=1S/C5H11.C2H5.2Y/c1-5(2,3)4;1-2;;/h1H2,2-4H3;1H2,2H3;;/q2*-1;;. The van der Waals surface area contributed by atoms with Crippen molar-refractivity contribution in [1.82, 2.24) is 0 Å². The predicted molar refractivity (Wildman–Crippen MR) is 35.8 cm³/mol. The number of hydrogen-bond acceptors (Lipinski definition) is 0. The Hall–Kier alpha value is 2.21. The molecule has 0 unspecified atom stereocenters. The van der Waals surface area contributed by atoms with Crippen LogP contribution < -0.4 is 0 Å². The first-order chi connectivity index (χ1) is 3.00. The quantitative estimate of drug-likeness (QED) is 0.598. The first-order valence-electron chi connectivity index (χ1n) is 2.56. The molecule has 0 aromatic heterocycles. The summed E-state index contributed by atoms with van der Waals surface area (Å²) in [6.45, 7) is 15.0. The molecule has 0 aliphatic carbocycles. The summed E-state index contributed by atoms with van der Waals surface area (Å²) in [5, 5.41) is 0. The summed E-state index contributed by atoms with van der Waals surface area (Å²) in [6, 6.07) is 0. The van der Waals surface area contributed by atoms with Crippen molar-refractivity contribution in [1.29, 1.82) is 0 Å². The Morgan fingerprint density at radius 3 is 0.889 bits per heavy atom. The second-order valence-corrected chi connectivity index (χ2v) is 2.56. The van der Waals surface area contributed by atoms with Gasteiger partial charge in [0.2, 0.25) is 0 Å². The Balaban J connectivity index is -0.0000000286. The molecule has 2 radical (unpaired) electrons. The molecule has 0 saturated heterocycles. The minimum absolute atomic E-state index is 0. The minimum Gasteiger partial charge on any atom is -0.346 e. The molecule has 0 N–H and O–H groups in total. The summed E-state index contributed by atoms with van der Waals surface area (Å²) in [7, 11) is 0. The first kappa shape index (κ1) is 22.5. The zero-order valence-electron chi connectivity index (χ0n) is 7.07. The van der Waals surface area contributed by atoms with Crippen molar-refractivity contribution >= 4 is 0 Å². The van der Waals surface area contributed by atoms with E-state index in [2.05, 4.69) is 34.6 Å². The van der Waals surface area contributed by atoms with Gasteiger partial charge in [0.1, 0.15) is 0 Å². The van der Waals surface area contributed by atoms with Crippen molar-refractivity contribution in [2.45, 2.75) is 27.7 Å². The fourth-order valence-electron chi connectivity index (χ4n) is 0. The van der Waals surface area contributed by atoms with Gasteiger partial charge in [-0.3, -0.25) is 0 Å². The molecule has 0 saturated carbocycles. The van der Waals surface area contributed by atoms with Crippen LogP contribution in [0.5, 0.6) is 0 Å². The normalized spacial score (nSPS) is 7.33. The molecule has 0 spiro atoms. The van der Waals surface area contributed by atoms with Crippen molar-refractivity contribution in [3.05, 3.63) is 13.8 Å². The summed E-state index contributed by atoms with van der Waals surface area (Å²) in [5.41, 5.74) is 0.250. The van der Waals surface area contributed by atoms with Gasteiger partial charge >= 0.3 is 0 Å². The molecule has 0 aliphatic heterocycles. The van der Waals surface area contributed by atoms with E-state index in [1.165, 1.54) is 0 Å². The molecule has 0 aromatic carbocycles. The van der Waals surface area contributed by atoms with Gasteiger partial charge in [0.15, 0.2) is 0 Å². The van der Waals surface area contributed by atoms with Gasteiger partial charge in [0, 0.05) is 65.4 Å². The van der Waals surface area contributed by atoms with E-state index in [-0.39, 0.29) is 70.8 Å². The van der Waals surface area contributed by atoms with E-state index in [1.807, 2.05) is 0 Å². The van der Waals surface area contributed by atoms with Crippen LogP contribution in [0.1, 0.15) is 27.7 Å². The molecule has 0 amide bonds. The molecular weight excluding hydrogens is 262 g/mol. The van der Waals surface area contributed by atoms with Crippen molar-refractivity contribution < 1.29 is 65.4 Å². The van der Waals surface area contributed by atoms with Gasteiger partial charge in [-0.05, 0) is 0 Å². The molecule has 0 fully saturated rings. The molecule has 52 valence electrons. The maximum atomic E-state index is 3.77. The zero-order chi connectivity index (χ0) is 6.50. The van der Waals surface area contributed by atoms with Crippen LogP contribution in [0.2, 0.25) is 0 Å². The zero-order valence-corrected chi connectivity index (χ0v) is 12.7. The van der Waals surface area contributed by atoms with Crippen LogP contribution in [0.25, 0.3) is 0 Å². The monoisotopic (exact) mass is 278 g/mol. The van der Waals surface area contributed by atoms with Crippen LogP contribution >= 0.6 is 0 Å². The Morgan fingerprint density at radius 2 is 0.889 bits per heavy atom. The van der Waals surface area contributed by atoms with Gasteiger partial charge in [-0.2, -0.15) is 12.3 Å². The van der Waals surface area contributed by atoms with Crippen molar-refractivity contribution in [3.63, 3.8) is 0 Å². The predicted octanol–water partition coefficient (Wildman–Crippen LogP) is 2.70. The Kier molecular flexibility index (Phi) is 32.1. The van der Waals surface area contributed by atoms with Gasteiger partial charge < -0.3 is 13.8 Å². The van der Waals surface area contributed by atoms with Crippen LogP contribution in [-0.2, 0) is 65.4 Å². The second kappa shape index (κ2) is 12.8. The molecule has 0 heterocycles. The fourth-order valence-corrected chi connectivity index (χ4v) is 0. The molecular formula is C7H16Y2-2. The van der Waals surface area contributed by atoms with E-state index in [0.717, 1.165) is 0 Å². The van der Waals surface area contributed by atoms with E-state index in [1.54, 1.807) is 6.92 Å². The average Bonchev–Trinajstić information content (AvgIpc) is 1.36. The van der Waals surface area contributed by atoms with E-state index >= 15 is 0 Å². The minimum atomic E-state index is 0. The van der Waals surface area contributed by atoms with Gasteiger partial charge in [0.25, 0.3) is 0 Å². The SMILES string of the molecule is [CH2-]C.[CH2-]C(C)(C)C.[Y].[Y]. The average molecular weight is 278 g/mol.